The normalized spacial score (nSPS) is 16.7. The van der Waals surface area contributed by atoms with Crippen molar-refractivity contribution < 1.29 is 9.31 Å². The molecule has 0 N–H and O–H groups in total. The molecule has 0 atom stereocenters. The predicted octanol–water partition coefficient (Wildman–Crippen LogP) is 10.1. The summed E-state index contributed by atoms with van der Waals surface area (Å²) in [5, 5.41) is 2.71. The van der Waals surface area contributed by atoms with Crippen LogP contribution in [0.4, 0.5) is 0 Å². The Morgan fingerprint density at radius 3 is 1.74 bits per heavy atom. The van der Waals surface area contributed by atoms with E-state index < -0.39 is 0 Å². The van der Waals surface area contributed by atoms with E-state index in [0.717, 1.165) is 5.46 Å². The molecule has 214 valence electrons. The molecule has 3 aromatic rings. The number of nitrogens with zero attached hydrogens (tertiary/aromatic N) is 1. The van der Waals surface area contributed by atoms with Gasteiger partial charge in [0, 0.05) is 27.8 Å². The molecule has 1 fully saturated rings. The topological polar surface area (TPSA) is 23.4 Å². The fourth-order valence-electron chi connectivity index (χ4n) is 6.26. The van der Waals surface area contributed by atoms with Gasteiger partial charge in [0.25, 0.3) is 0 Å². The summed E-state index contributed by atoms with van der Waals surface area (Å²) in [7, 11) is -0.332. The van der Waals surface area contributed by atoms with Gasteiger partial charge in [0.2, 0.25) is 0 Å². The molecule has 1 aromatic heterocycles. The fraction of sp³-hybridized carbons (Fsp3) is 0.657. The van der Waals surface area contributed by atoms with E-state index in [2.05, 4.69) is 88.6 Å². The van der Waals surface area contributed by atoms with Gasteiger partial charge in [-0.1, -0.05) is 121 Å². The lowest BCUT2D eigenvalue weighted by Gasteiger charge is -2.32. The van der Waals surface area contributed by atoms with Crippen molar-refractivity contribution in [2.75, 3.05) is 0 Å². The zero-order valence-electron chi connectivity index (χ0n) is 25.9. The zero-order valence-corrected chi connectivity index (χ0v) is 25.9. The van der Waals surface area contributed by atoms with Gasteiger partial charge in [0.1, 0.15) is 0 Å². The number of hydrogen-bond acceptors (Lipinski definition) is 2. The van der Waals surface area contributed by atoms with Gasteiger partial charge in [0.15, 0.2) is 0 Å². The minimum Gasteiger partial charge on any atom is -0.399 e. The van der Waals surface area contributed by atoms with Crippen molar-refractivity contribution in [1.29, 1.82) is 0 Å². The lowest BCUT2D eigenvalue weighted by molar-refractivity contribution is 0.00578. The van der Waals surface area contributed by atoms with E-state index in [1.165, 1.54) is 112 Å². The molecule has 0 unspecified atom stereocenters. The summed E-state index contributed by atoms with van der Waals surface area (Å²) in [6.45, 7) is 13.2. The van der Waals surface area contributed by atoms with Crippen molar-refractivity contribution in [2.24, 2.45) is 0 Å². The monoisotopic (exact) mass is 531 g/mol. The third kappa shape index (κ3) is 7.12. The second-order valence-electron chi connectivity index (χ2n) is 13.0. The van der Waals surface area contributed by atoms with Crippen LogP contribution < -0.4 is 5.46 Å². The molecule has 1 aliphatic rings. The van der Waals surface area contributed by atoms with Crippen molar-refractivity contribution in [2.45, 2.75) is 149 Å². The van der Waals surface area contributed by atoms with Gasteiger partial charge >= 0.3 is 7.12 Å². The molecule has 0 saturated carbocycles. The Balaban J connectivity index is 1.64. The van der Waals surface area contributed by atoms with E-state index in [4.69, 9.17) is 9.31 Å². The Morgan fingerprint density at radius 2 is 1.15 bits per heavy atom. The largest absolute Gasteiger partial charge is 0.494 e. The third-order valence-corrected chi connectivity index (χ3v) is 9.41. The van der Waals surface area contributed by atoms with Gasteiger partial charge in [-0.3, -0.25) is 0 Å². The summed E-state index contributed by atoms with van der Waals surface area (Å²) in [6.07, 6.45) is 18.7. The van der Waals surface area contributed by atoms with Crippen LogP contribution in [0.3, 0.4) is 0 Å². The van der Waals surface area contributed by atoms with Crippen LogP contribution in [0.2, 0.25) is 0 Å². The van der Waals surface area contributed by atoms with Gasteiger partial charge in [-0.25, -0.2) is 0 Å². The molecule has 0 aliphatic carbocycles. The first-order chi connectivity index (χ1) is 18.8. The molecule has 3 nitrogen and oxygen atoms in total. The van der Waals surface area contributed by atoms with Gasteiger partial charge < -0.3 is 13.9 Å². The lowest BCUT2D eigenvalue weighted by Crippen LogP contribution is -2.41. The SMILES string of the molecule is CCCCCCCCC(CCCCCCCC)n1c2ccccc2c2ccc(B3OC(C)(C)C(C)(C)O3)cc21. The Bertz CT molecular complexity index is 1150. The van der Waals surface area contributed by atoms with Crippen molar-refractivity contribution in [1.82, 2.24) is 4.57 Å². The van der Waals surface area contributed by atoms with E-state index in [1.54, 1.807) is 0 Å². The number of unbranched alkanes of at least 4 members (excludes halogenated alkanes) is 10. The number of fused-ring (bicyclic) bond motifs is 3. The fourth-order valence-corrected chi connectivity index (χ4v) is 6.26. The second-order valence-corrected chi connectivity index (χ2v) is 13.0. The van der Waals surface area contributed by atoms with Gasteiger partial charge in [0.05, 0.1) is 11.2 Å². The molecule has 4 heteroatoms. The molecule has 39 heavy (non-hydrogen) atoms. The van der Waals surface area contributed by atoms with Crippen molar-refractivity contribution >= 4 is 34.4 Å². The van der Waals surface area contributed by atoms with Crippen molar-refractivity contribution in [3.63, 3.8) is 0 Å². The highest BCUT2D eigenvalue weighted by Crippen LogP contribution is 2.38. The molecule has 0 bridgehead atoms. The van der Waals surface area contributed by atoms with Crippen molar-refractivity contribution in [3.8, 4) is 0 Å². The summed E-state index contributed by atoms with van der Waals surface area (Å²) in [5.41, 5.74) is 3.17. The highest BCUT2D eigenvalue weighted by molar-refractivity contribution is 6.62. The molecule has 1 saturated heterocycles. The molecular formula is C35H54BNO2. The summed E-state index contributed by atoms with van der Waals surface area (Å²) >= 11 is 0. The standard InChI is InChI=1S/C35H54BNO2/c1-7-9-11-13-15-17-21-29(22-18-16-14-12-10-8-2)37-32-24-20-19-23-30(32)31-26-25-28(27-33(31)37)36-38-34(3,4)35(5,6)39-36/h19-20,23-27,29H,7-18,21-22H2,1-6H3. The first-order valence-corrected chi connectivity index (χ1v) is 16.2. The summed E-state index contributed by atoms with van der Waals surface area (Å²) < 4.78 is 15.6. The van der Waals surface area contributed by atoms with E-state index >= 15 is 0 Å². The minimum atomic E-state index is -0.336. The third-order valence-electron chi connectivity index (χ3n) is 9.41. The Morgan fingerprint density at radius 1 is 0.641 bits per heavy atom. The molecule has 0 amide bonds. The van der Waals surface area contributed by atoms with Crippen LogP contribution in [0.5, 0.6) is 0 Å². The van der Waals surface area contributed by atoms with E-state index in [1.807, 2.05) is 0 Å². The number of rotatable bonds is 16. The van der Waals surface area contributed by atoms with E-state index in [9.17, 15) is 0 Å². The Hall–Kier alpha value is -1.78. The van der Waals surface area contributed by atoms with Gasteiger partial charge in [-0.05, 0) is 58.1 Å². The van der Waals surface area contributed by atoms with Crippen LogP contribution in [-0.2, 0) is 9.31 Å². The maximum atomic E-state index is 6.47. The lowest BCUT2D eigenvalue weighted by atomic mass is 9.78. The predicted molar refractivity (Wildman–Crippen MR) is 170 cm³/mol. The van der Waals surface area contributed by atoms with E-state index in [0.29, 0.717) is 6.04 Å². The van der Waals surface area contributed by atoms with Crippen LogP contribution in [0, 0.1) is 0 Å². The van der Waals surface area contributed by atoms with Crippen LogP contribution in [-0.4, -0.2) is 22.9 Å². The highest BCUT2D eigenvalue weighted by Gasteiger charge is 2.51. The average Bonchev–Trinajstić information content (AvgIpc) is 3.35. The number of aromatic nitrogens is 1. The smallest absolute Gasteiger partial charge is 0.399 e. The van der Waals surface area contributed by atoms with Gasteiger partial charge in [-0.15, -0.1) is 0 Å². The van der Waals surface area contributed by atoms with E-state index in [-0.39, 0.29) is 18.3 Å². The molecule has 1 aliphatic heterocycles. The summed E-state index contributed by atoms with van der Waals surface area (Å²) in [5.74, 6) is 0. The maximum Gasteiger partial charge on any atom is 0.494 e. The number of para-hydroxylation sites is 1. The number of benzene rings is 2. The van der Waals surface area contributed by atoms with Crippen molar-refractivity contribution in [3.05, 3.63) is 42.5 Å². The second kappa shape index (κ2) is 13.7. The van der Waals surface area contributed by atoms with Crippen LogP contribution >= 0.6 is 0 Å². The minimum absolute atomic E-state index is 0.332. The summed E-state index contributed by atoms with van der Waals surface area (Å²) in [6, 6.07) is 16.4. The molecular weight excluding hydrogens is 477 g/mol. The van der Waals surface area contributed by atoms with Crippen LogP contribution in [0.15, 0.2) is 42.5 Å². The quantitative estimate of drug-likeness (QED) is 0.136. The molecule has 4 rings (SSSR count). The van der Waals surface area contributed by atoms with Crippen LogP contribution in [0.25, 0.3) is 21.8 Å². The highest BCUT2D eigenvalue weighted by atomic mass is 16.7. The summed E-state index contributed by atoms with van der Waals surface area (Å²) in [4.78, 5) is 0. The molecule has 0 radical (unpaired) electrons. The zero-order chi connectivity index (χ0) is 27.9. The van der Waals surface area contributed by atoms with Crippen LogP contribution in [0.1, 0.15) is 137 Å². The number of hydrogen-bond donors (Lipinski definition) is 0. The first kappa shape index (κ1) is 30.2. The molecule has 2 heterocycles. The first-order valence-electron chi connectivity index (χ1n) is 16.2. The molecule has 0 spiro atoms. The van der Waals surface area contributed by atoms with Gasteiger partial charge in [-0.2, -0.15) is 0 Å². The average molecular weight is 532 g/mol. The maximum absolute atomic E-state index is 6.47. The molecule has 2 aromatic carbocycles. The Labute approximate surface area is 239 Å². The Kier molecular flexibility index (Phi) is 10.6.